The predicted molar refractivity (Wildman–Crippen MR) is 54.8 cm³/mol. The number of piperazine rings is 1. The molecule has 0 radical (unpaired) electrons. The summed E-state index contributed by atoms with van der Waals surface area (Å²) in [7, 11) is 0. The van der Waals surface area contributed by atoms with E-state index < -0.39 is 0 Å². The Bertz CT molecular complexity index is 353. The van der Waals surface area contributed by atoms with Crippen molar-refractivity contribution >= 4 is 0 Å². The van der Waals surface area contributed by atoms with Gasteiger partial charge < -0.3 is 5.32 Å². The van der Waals surface area contributed by atoms with Gasteiger partial charge in [0.2, 0.25) is 0 Å². The van der Waals surface area contributed by atoms with Crippen LogP contribution in [0.4, 0.5) is 4.39 Å². The van der Waals surface area contributed by atoms with Gasteiger partial charge in [0.1, 0.15) is 5.82 Å². The maximum Gasteiger partial charge on any atom is 0.141 e. The molecule has 15 heavy (non-hydrogen) atoms. The smallest absolute Gasteiger partial charge is 0.141 e. The molecule has 4 heterocycles. The molecule has 2 atom stereocenters. The van der Waals surface area contributed by atoms with Gasteiger partial charge in [0, 0.05) is 37.9 Å². The van der Waals surface area contributed by atoms with Gasteiger partial charge in [-0.15, -0.1) is 0 Å². The molecule has 0 aromatic carbocycles. The van der Waals surface area contributed by atoms with Gasteiger partial charge in [0.25, 0.3) is 0 Å². The van der Waals surface area contributed by atoms with Gasteiger partial charge in [-0.05, 0) is 18.1 Å². The first kappa shape index (κ1) is 9.24. The van der Waals surface area contributed by atoms with Crippen molar-refractivity contribution in [2.75, 3.05) is 13.1 Å². The van der Waals surface area contributed by atoms with Crippen LogP contribution >= 0.6 is 0 Å². The quantitative estimate of drug-likeness (QED) is 0.776. The van der Waals surface area contributed by atoms with Gasteiger partial charge >= 0.3 is 0 Å². The first-order valence-corrected chi connectivity index (χ1v) is 5.37. The molecule has 3 aliphatic heterocycles. The van der Waals surface area contributed by atoms with Crippen LogP contribution in [0.2, 0.25) is 0 Å². The van der Waals surface area contributed by atoms with Crippen LogP contribution in [0.1, 0.15) is 12.0 Å². The number of nitrogens with one attached hydrogen (secondary N) is 1. The zero-order chi connectivity index (χ0) is 10.3. The third kappa shape index (κ3) is 1.87. The van der Waals surface area contributed by atoms with E-state index in [1.165, 1.54) is 12.6 Å². The predicted octanol–water partition coefficient (Wildman–Crippen LogP) is 0.767. The van der Waals surface area contributed by atoms with E-state index in [0.29, 0.717) is 12.1 Å². The number of nitrogens with zero attached hydrogens (tertiary/aromatic N) is 2. The molecule has 0 spiro atoms. The fourth-order valence-corrected chi connectivity index (χ4v) is 2.53. The van der Waals surface area contributed by atoms with Crippen molar-refractivity contribution in [2.24, 2.45) is 0 Å². The van der Waals surface area contributed by atoms with Crippen molar-refractivity contribution in [3.05, 3.63) is 29.8 Å². The number of fused-ring (bicyclic) bond motifs is 2. The Morgan fingerprint density at radius 1 is 1.40 bits per heavy atom. The second kappa shape index (κ2) is 3.54. The van der Waals surface area contributed by atoms with Gasteiger partial charge in [-0.25, -0.2) is 4.39 Å². The standard InChI is InChI=1S/C11H14FN3/c12-9-1-8(3-13-4-9)5-15-6-10-2-11(7-15)14-10/h1,3-4,10-11,14H,2,5-7H2. The first-order valence-electron chi connectivity index (χ1n) is 5.37. The van der Waals surface area contributed by atoms with Crippen molar-refractivity contribution in [2.45, 2.75) is 25.0 Å². The lowest BCUT2D eigenvalue weighted by atomic mass is 9.91. The molecule has 0 aliphatic carbocycles. The SMILES string of the molecule is Fc1cncc(CN2CC3CC(C2)N3)c1. The van der Waals surface area contributed by atoms with E-state index in [4.69, 9.17) is 0 Å². The van der Waals surface area contributed by atoms with Crippen LogP contribution in [-0.4, -0.2) is 35.1 Å². The summed E-state index contributed by atoms with van der Waals surface area (Å²) in [4.78, 5) is 6.23. The van der Waals surface area contributed by atoms with Gasteiger partial charge in [0.05, 0.1) is 6.20 Å². The Balaban J connectivity index is 1.65. The normalized spacial score (nSPS) is 29.9. The van der Waals surface area contributed by atoms with Crippen LogP contribution in [-0.2, 0) is 6.54 Å². The maximum absolute atomic E-state index is 12.9. The summed E-state index contributed by atoms with van der Waals surface area (Å²) in [6, 6.07) is 2.89. The molecule has 0 saturated carbocycles. The molecule has 2 unspecified atom stereocenters. The van der Waals surface area contributed by atoms with E-state index in [-0.39, 0.29) is 5.82 Å². The van der Waals surface area contributed by atoms with E-state index in [2.05, 4.69) is 15.2 Å². The minimum atomic E-state index is -0.243. The minimum Gasteiger partial charge on any atom is -0.309 e. The van der Waals surface area contributed by atoms with E-state index in [1.807, 2.05) is 0 Å². The van der Waals surface area contributed by atoms with Crippen LogP contribution in [0.3, 0.4) is 0 Å². The third-order valence-corrected chi connectivity index (χ3v) is 3.17. The molecule has 1 aromatic heterocycles. The fraction of sp³-hybridized carbons (Fsp3) is 0.545. The molecule has 3 nitrogen and oxygen atoms in total. The van der Waals surface area contributed by atoms with Crippen molar-refractivity contribution in [1.29, 1.82) is 0 Å². The molecule has 3 fully saturated rings. The molecular weight excluding hydrogens is 193 g/mol. The highest BCUT2D eigenvalue weighted by Gasteiger charge is 2.36. The molecule has 4 heteroatoms. The highest BCUT2D eigenvalue weighted by molar-refractivity contribution is 5.11. The molecule has 1 aromatic rings. The van der Waals surface area contributed by atoms with Crippen LogP contribution < -0.4 is 5.32 Å². The van der Waals surface area contributed by atoms with Crippen molar-refractivity contribution in [1.82, 2.24) is 15.2 Å². The first-order chi connectivity index (χ1) is 7.29. The molecule has 80 valence electrons. The van der Waals surface area contributed by atoms with Crippen LogP contribution in [0.5, 0.6) is 0 Å². The molecule has 3 saturated heterocycles. The topological polar surface area (TPSA) is 28.2 Å². The average molecular weight is 207 g/mol. The minimum absolute atomic E-state index is 0.243. The summed E-state index contributed by atoms with van der Waals surface area (Å²) < 4.78 is 12.9. The lowest BCUT2D eigenvalue weighted by molar-refractivity contribution is 0.0724. The summed E-state index contributed by atoms with van der Waals surface area (Å²) in [6.07, 6.45) is 4.30. The molecule has 4 rings (SSSR count). The van der Waals surface area contributed by atoms with Crippen molar-refractivity contribution in [3.63, 3.8) is 0 Å². The summed E-state index contributed by atoms with van der Waals surface area (Å²) >= 11 is 0. The lowest BCUT2D eigenvalue weighted by Crippen LogP contribution is -2.66. The Labute approximate surface area is 88.3 Å². The molecule has 3 aliphatic rings. The fourth-order valence-electron chi connectivity index (χ4n) is 2.53. The zero-order valence-corrected chi connectivity index (χ0v) is 8.49. The van der Waals surface area contributed by atoms with E-state index in [9.17, 15) is 4.39 Å². The van der Waals surface area contributed by atoms with Crippen LogP contribution in [0.15, 0.2) is 18.5 Å². The van der Waals surface area contributed by atoms with Gasteiger partial charge in [-0.1, -0.05) is 0 Å². The number of halogens is 1. The zero-order valence-electron chi connectivity index (χ0n) is 8.49. The Hall–Kier alpha value is -1.00. The number of aromatic nitrogens is 1. The van der Waals surface area contributed by atoms with Crippen LogP contribution in [0.25, 0.3) is 0 Å². The highest BCUT2D eigenvalue weighted by atomic mass is 19.1. The second-order valence-electron chi connectivity index (χ2n) is 4.50. The highest BCUT2D eigenvalue weighted by Crippen LogP contribution is 2.22. The maximum atomic E-state index is 12.9. The van der Waals surface area contributed by atoms with E-state index >= 15 is 0 Å². The summed E-state index contributed by atoms with van der Waals surface area (Å²) in [5, 5.41) is 3.47. The molecule has 0 amide bonds. The summed E-state index contributed by atoms with van der Waals surface area (Å²) in [6.45, 7) is 2.97. The van der Waals surface area contributed by atoms with Gasteiger partial charge in [0.15, 0.2) is 0 Å². The number of piperidine rings is 1. The van der Waals surface area contributed by atoms with E-state index in [1.54, 1.807) is 12.3 Å². The second-order valence-corrected chi connectivity index (χ2v) is 4.50. The number of rotatable bonds is 2. The van der Waals surface area contributed by atoms with Crippen molar-refractivity contribution < 1.29 is 4.39 Å². The number of hydrogen-bond donors (Lipinski definition) is 1. The Morgan fingerprint density at radius 2 is 2.13 bits per heavy atom. The Morgan fingerprint density at radius 3 is 2.80 bits per heavy atom. The molecule has 1 N–H and O–H groups in total. The van der Waals surface area contributed by atoms with Crippen LogP contribution in [0, 0.1) is 5.82 Å². The Kier molecular flexibility index (Phi) is 2.18. The van der Waals surface area contributed by atoms with Gasteiger partial charge in [-0.3, -0.25) is 9.88 Å². The molecule has 2 bridgehead atoms. The number of pyridine rings is 1. The van der Waals surface area contributed by atoms with Gasteiger partial charge in [-0.2, -0.15) is 0 Å². The van der Waals surface area contributed by atoms with Crippen molar-refractivity contribution in [3.8, 4) is 0 Å². The number of hydrogen-bond acceptors (Lipinski definition) is 3. The molecular formula is C11H14FN3. The van der Waals surface area contributed by atoms with E-state index in [0.717, 1.165) is 25.2 Å². The summed E-state index contributed by atoms with van der Waals surface area (Å²) in [5.74, 6) is -0.243. The lowest BCUT2D eigenvalue weighted by Gasteiger charge is -2.48. The summed E-state index contributed by atoms with van der Waals surface area (Å²) in [5.41, 5.74) is 0.969. The largest absolute Gasteiger partial charge is 0.309 e. The average Bonchev–Trinajstić information content (AvgIpc) is 2.16. The monoisotopic (exact) mass is 207 g/mol. The third-order valence-electron chi connectivity index (χ3n) is 3.17.